The fourth-order valence-electron chi connectivity index (χ4n) is 1.46. The van der Waals surface area contributed by atoms with Crippen LogP contribution >= 0.6 is 0 Å². The molecule has 0 fully saturated rings. The maximum Gasteiger partial charge on any atom is 0.232 e. The maximum atomic E-state index is 8.50. The van der Waals surface area contributed by atoms with Crippen molar-refractivity contribution in [2.24, 2.45) is 4.99 Å². The molecule has 1 aromatic carbocycles. The summed E-state index contributed by atoms with van der Waals surface area (Å²) < 4.78 is 5.01. The lowest BCUT2D eigenvalue weighted by Gasteiger charge is -2.03. The minimum atomic E-state index is 0.278. The maximum absolute atomic E-state index is 8.50. The number of pyridine rings is 1. The molecule has 0 aliphatic carbocycles. The summed E-state index contributed by atoms with van der Waals surface area (Å²) in [5, 5.41) is 9.49. The first-order valence-electron chi connectivity index (χ1n) is 4.71. The second-order valence-electron chi connectivity index (χ2n) is 3.14. The van der Waals surface area contributed by atoms with E-state index >= 15 is 0 Å². The van der Waals surface area contributed by atoms with Crippen LogP contribution in [0.4, 0.5) is 0 Å². The summed E-state index contributed by atoms with van der Waals surface area (Å²) in [6.45, 7) is 0. The number of aliphatic imine (C=N–C) groups is 1. The summed E-state index contributed by atoms with van der Waals surface area (Å²) in [6.07, 6.45) is 3.34. The van der Waals surface area contributed by atoms with E-state index in [0.29, 0.717) is 5.56 Å². The lowest BCUT2D eigenvalue weighted by molar-refractivity contribution is 0.405. The molecule has 4 nitrogen and oxygen atoms in total. The number of hydrogen-bond donors (Lipinski definition) is 0. The minimum absolute atomic E-state index is 0.278. The number of fused-ring (bicyclic) bond motifs is 1. The third kappa shape index (κ3) is 1.84. The van der Waals surface area contributed by atoms with E-state index in [1.54, 1.807) is 12.4 Å². The van der Waals surface area contributed by atoms with Crippen molar-refractivity contribution in [1.29, 1.82) is 5.26 Å². The van der Waals surface area contributed by atoms with Gasteiger partial charge in [0.2, 0.25) is 12.1 Å². The van der Waals surface area contributed by atoms with Gasteiger partial charge in [0.05, 0.1) is 18.2 Å². The summed E-state index contributed by atoms with van der Waals surface area (Å²) >= 11 is 0. The average molecular weight is 211 g/mol. The molecule has 0 spiro atoms. The second kappa shape index (κ2) is 4.41. The van der Waals surface area contributed by atoms with E-state index in [1.165, 1.54) is 7.11 Å². The van der Waals surface area contributed by atoms with Gasteiger partial charge in [-0.3, -0.25) is 4.98 Å². The molecule has 0 bridgehead atoms. The molecule has 4 heteroatoms. The van der Waals surface area contributed by atoms with Crippen LogP contribution < -0.4 is 0 Å². The van der Waals surface area contributed by atoms with Crippen LogP contribution in [0.15, 0.2) is 41.5 Å². The van der Waals surface area contributed by atoms with Crippen molar-refractivity contribution in [2.75, 3.05) is 7.11 Å². The van der Waals surface area contributed by atoms with Gasteiger partial charge in [0.15, 0.2) is 0 Å². The lowest BCUT2D eigenvalue weighted by Crippen LogP contribution is -2.03. The molecule has 0 unspecified atom stereocenters. The van der Waals surface area contributed by atoms with Crippen LogP contribution in [0.3, 0.4) is 0 Å². The predicted molar refractivity (Wildman–Crippen MR) is 60.9 cm³/mol. The number of methoxy groups -OCH3 is 1. The molecule has 0 saturated carbocycles. The molecule has 78 valence electrons. The van der Waals surface area contributed by atoms with Crippen LogP contribution in [0.1, 0.15) is 5.56 Å². The van der Waals surface area contributed by atoms with Gasteiger partial charge in [-0.2, -0.15) is 5.26 Å². The van der Waals surface area contributed by atoms with E-state index in [4.69, 9.17) is 10.00 Å². The Bertz CT molecular complexity index is 584. The molecular formula is C12H9N3O. The molecule has 0 saturated heterocycles. The third-order valence-corrected chi connectivity index (χ3v) is 2.18. The molecule has 0 aliphatic rings. The fourth-order valence-corrected chi connectivity index (χ4v) is 1.46. The van der Waals surface area contributed by atoms with E-state index in [-0.39, 0.29) is 5.90 Å². The van der Waals surface area contributed by atoms with Crippen LogP contribution in [0.25, 0.3) is 10.9 Å². The van der Waals surface area contributed by atoms with Crippen molar-refractivity contribution in [3.63, 3.8) is 0 Å². The van der Waals surface area contributed by atoms with Crippen LogP contribution in [0, 0.1) is 11.5 Å². The number of hydrogen-bond acceptors (Lipinski definition) is 4. The van der Waals surface area contributed by atoms with Gasteiger partial charge in [-0.15, -0.1) is 4.99 Å². The van der Waals surface area contributed by atoms with Gasteiger partial charge < -0.3 is 4.74 Å². The highest BCUT2D eigenvalue weighted by Gasteiger charge is 2.04. The number of aromatic nitrogens is 1. The summed E-state index contributed by atoms with van der Waals surface area (Å²) in [7, 11) is 1.48. The van der Waals surface area contributed by atoms with Gasteiger partial charge >= 0.3 is 0 Å². The Labute approximate surface area is 92.8 Å². The fraction of sp³-hybridized carbons (Fsp3) is 0.0833. The topological polar surface area (TPSA) is 58.3 Å². The Morgan fingerprint density at radius 3 is 3.00 bits per heavy atom. The number of para-hydroxylation sites is 1. The predicted octanol–water partition coefficient (Wildman–Crippen LogP) is 2.11. The third-order valence-electron chi connectivity index (χ3n) is 2.18. The first kappa shape index (κ1) is 10.1. The normalized spacial score (nSPS) is 11.1. The Morgan fingerprint density at radius 2 is 2.25 bits per heavy atom. The minimum Gasteiger partial charge on any atom is -0.480 e. The number of ether oxygens (including phenoxy) is 1. The molecule has 2 rings (SSSR count). The zero-order chi connectivity index (χ0) is 11.4. The summed E-state index contributed by atoms with van der Waals surface area (Å²) in [5.41, 5.74) is 1.60. The zero-order valence-corrected chi connectivity index (χ0v) is 8.71. The first-order valence-corrected chi connectivity index (χ1v) is 4.71. The first-order chi connectivity index (χ1) is 7.85. The van der Waals surface area contributed by atoms with Gasteiger partial charge in [0.1, 0.15) is 0 Å². The molecule has 0 radical (unpaired) electrons. The second-order valence-corrected chi connectivity index (χ2v) is 3.14. The summed E-state index contributed by atoms with van der Waals surface area (Å²) in [6, 6.07) is 9.62. The Morgan fingerprint density at radius 1 is 1.44 bits per heavy atom. The molecule has 2 aromatic rings. The van der Waals surface area contributed by atoms with Crippen LogP contribution in [0.5, 0.6) is 0 Å². The highest BCUT2D eigenvalue weighted by atomic mass is 16.5. The van der Waals surface area contributed by atoms with Crippen LogP contribution in [0.2, 0.25) is 0 Å². The number of nitriles is 1. The highest BCUT2D eigenvalue weighted by Crippen LogP contribution is 2.13. The Hall–Kier alpha value is -2.41. The molecule has 16 heavy (non-hydrogen) atoms. The van der Waals surface area contributed by atoms with Crippen LogP contribution in [-0.2, 0) is 4.74 Å². The summed E-state index contributed by atoms with van der Waals surface area (Å²) in [5.74, 6) is 0.278. The Kier molecular flexibility index (Phi) is 2.79. The van der Waals surface area contributed by atoms with E-state index in [9.17, 15) is 0 Å². The standard InChI is InChI=1S/C12H9N3O/c1-16-12(15-8-13)10-6-9-4-2-3-5-11(9)14-7-10/h2-7H,1H3. The quantitative estimate of drug-likeness (QED) is 0.412. The van der Waals surface area contributed by atoms with E-state index < -0.39 is 0 Å². The van der Waals surface area contributed by atoms with Gasteiger partial charge in [-0.25, -0.2) is 0 Å². The molecule has 0 atom stereocenters. The van der Waals surface area contributed by atoms with Gasteiger partial charge in [-0.1, -0.05) is 18.2 Å². The molecule has 0 amide bonds. The van der Waals surface area contributed by atoms with Crippen molar-refractivity contribution in [3.8, 4) is 6.19 Å². The SMILES string of the molecule is COC(=NC#N)c1cnc2ccccc2c1. The lowest BCUT2D eigenvalue weighted by atomic mass is 10.1. The van der Waals surface area contributed by atoms with Gasteiger partial charge in [-0.05, 0) is 12.1 Å². The molecule has 0 N–H and O–H groups in total. The van der Waals surface area contributed by atoms with Crippen molar-refractivity contribution in [2.45, 2.75) is 0 Å². The summed E-state index contributed by atoms with van der Waals surface area (Å²) in [4.78, 5) is 7.84. The largest absolute Gasteiger partial charge is 0.480 e. The van der Waals surface area contributed by atoms with Gasteiger partial charge in [0.25, 0.3) is 0 Å². The van der Waals surface area contributed by atoms with Crippen molar-refractivity contribution < 1.29 is 4.74 Å². The number of rotatable bonds is 1. The molecular weight excluding hydrogens is 202 g/mol. The molecule has 1 heterocycles. The molecule has 0 aliphatic heterocycles. The number of nitrogens with zero attached hydrogens (tertiary/aromatic N) is 3. The van der Waals surface area contributed by atoms with Crippen molar-refractivity contribution in [1.82, 2.24) is 4.98 Å². The van der Waals surface area contributed by atoms with E-state index in [2.05, 4.69) is 9.98 Å². The van der Waals surface area contributed by atoms with Crippen molar-refractivity contribution in [3.05, 3.63) is 42.1 Å². The van der Waals surface area contributed by atoms with E-state index in [1.807, 2.05) is 30.3 Å². The average Bonchev–Trinajstić information content (AvgIpc) is 2.35. The highest BCUT2D eigenvalue weighted by molar-refractivity contribution is 5.97. The molecule has 1 aromatic heterocycles. The number of benzene rings is 1. The van der Waals surface area contributed by atoms with E-state index in [0.717, 1.165) is 10.9 Å². The smallest absolute Gasteiger partial charge is 0.232 e. The van der Waals surface area contributed by atoms with Crippen LogP contribution in [-0.4, -0.2) is 18.0 Å². The Balaban J connectivity index is 2.55. The van der Waals surface area contributed by atoms with Gasteiger partial charge in [0, 0.05) is 11.6 Å². The monoisotopic (exact) mass is 211 g/mol. The zero-order valence-electron chi connectivity index (χ0n) is 8.71. The van der Waals surface area contributed by atoms with Crippen molar-refractivity contribution >= 4 is 16.8 Å².